The summed E-state index contributed by atoms with van der Waals surface area (Å²) in [4.78, 5) is 41.0. The number of halogens is 1. The molecular formula is C26H30ClN5O6. The van der Waals surface area contributed by atoms with Crippen LogP contribution in [0.15, 0.2) is 47.0 Å². The van der Waals surface area contributed by atoms with Gasteiger partial charge in [-0.2, -0.15) is 5.10 Å². The van der Waals surface area contributed by atoms with Gasteiger partial charge in [-0.1, -0.05) is 17.7 Å². The molecule has 12 heteroatoms. The van der Waals surface area contributed by atoms with Crippen molar-refractivity contribution in [1.29, 1.82) is 0 Å². The third-order valence-corrected chi connectivity index (χ3v) is 6.33. The van der Waals surface area contributed by atoms with Crippen molar-refractivity contribution in [3.05, 3.63) is 64.8 Å². The number of carbonyl (C=O) groups is 3. The summed E-state index contributed by atoms with van der Waals surface area (Å²) < 4.78 is 17.8. The first-order valence-corrected chi connectivity index (χ1v) is 12.7. The van der Waals surface area contributed by atoms with Crippen molar-refractivity contribution in [3.63, 3.8) is 0 Å². The molecule has 202 valence electrons. The maximum absolute atomic E-state index is 13.1. The fourth-order valence-corrected chi connectivity index (χ4v) is 4.16. The van der Waals surface area contributed by atoms with Gasteiger partial charge in [0.25, 0.3) is 5.91 Å². The molecule has 1 fully saturated rings. The Morgan fingerprint density at radius 2 is 1.87 bits per heavy atom. The number of piperazine rings is 1. The molecule has 1 saturated heterocycles. The molecule has 0 saturated carbocycles. The first-order valence-electron chi connectivity index (χ1n) is 12.3. The minimum absolute atomic E-state index is 0.116. The highest BCUT2D eigenvalue weighted by atomic mass is 35.5. The van der Waals surface area contributed by atoms with Gasteiger partial charge in [0, 0.05) is 37.4 Å². The summed E-state index contributed by atoms with van der Waals surface area (Å²) in [7, 11) is 0. The van der Waals surface area contributed by atoms with Crippen LogP contribution in [0, 0.1) is 6.92 Å². The number of nitrogens with one attached hydrogen (secondary N) is 1. The minimum Gasteiger partial charge on any atom is -0.486 e. The summed E-state index contributed by atoms with van der Waals surface area (Å²) in [5.41, 5.74) is 1.02. The molecular weight excluding hydrogens is 514 g/mol. The predicted molar refractivity (Wildman–Crippen MR) is 139 cm³/mol. The zero-order chi connectivity index (χ0) is 27.2. The van der Waals surface area contributed by atoms with Crippen LogP contribution in [0.25, 0.3) is 0 Å². The van der Waals surface area contributed by atoms with Crippen LogP contribution >= 0.6 is 11.6 Å². The quantitative estimate of drug-likeness (QED) is 0.453. The summed E-state index contributed by atoms with van der Waals surface area (Å²) in [5.74, 6) is 0.614. The van der Waals surface area contributed by atoms with Crippen LogP contribution in [0.2, 0.25) is 5.02 Å². The second-order valence-corrected chi connectivity index (χ2v) is 9.20. The number of benzene rings is 1. The lowest BCUT2D eigenvalue weighted by molar-refractivity contribution is -0.136. The Kier molecular flexibility index (Phi) is 8.57. The number of hydrogen-bond acceptors (Lipinski definition) is 7. The molecule has 0 radical (unpaired) electrons. The van der Waals surface area contributed by atoms with Crippen LogP contribution in [0.5, 0.6) is 5.75 Å². The average molecular weight is 544 g/mol. The first-order chi connectivity index (χ1) is 18.2. The lowest BCUT2D eigenvalue weighted by atomic mass is 10.2. The molecule has 38 heavy (non-hydrogen) atoms. The Hall–Kier alpha value is -3.99. The minimum atomic E-state index is -0.590. The second-order valence-electron chi connectivity index (χ2n) is 8.76. The molecule has 2 aromatic heterocycles. The number of nitrogens with zero attached hydrogens (tertiary/aromatic N) is 4. The summed E-state index contributed by atoms with van der Waals surface area (Å²) in [6.07, 6.45) is 1.25. The number of furan rings is 1. The van der Waals surface area contributed by atoms with E-state index in [1.165, 1.54) is 4.68 Å². The highest BCUT2D eigenvalue weighted by Gasteiger charge is 2.29. The van der Waals surface area contributed by atoms with E-state index in [0.29, 0.717) is 60.7 Å². The number of rotatable bonds is 8. The molecule has 11 nitrogen and oxygen atoms in total. The molecule has 1 aliphatic rings. The van der Waals surface area contributed by atoms with Gasteiger partial charge < -0.3 is 29.0 Å². The number of aryl methyl sites for hydroxylation is 1. The van der Waals surface area contributed by atoms with E-state index in [1.54, 1.807) is 73.2 Å². The number of hydrogen-bond donors (Lipinski definition) is 1. The summed E-state index contributed by atoms with van der Waals surface area (Å²) in [6, 6.07) is 9.63. The van der Waals surface area contributed by atoms with Crippen molar-refractivity contribution in [2.24, 2.45) is 0 Å². The molecule has 0 spiro atoms. The number of carbonyl (C=O) groups excluding carboxylic acids is 3. The molecule has 1 N–H and O–H groups in total. The van der Waals surface area contributed by atoms with Gasteiger partial charge in [-0.3, -0.25) is 14.3 Å². The number of anilines is 1. The van der Waals surface area contributed by atoms with Gasteiger partial charge in [-0.15, -0.1) is 0 Å². The van der Waals surface area contributed by atoms with Gasteiger partial charge >= 0.3 is 6.09 Å². The molecule has 1 aliphatic heterocycles. The monoisotopic (exact) mass is 543 g/mol. The van der Waals surface area contributed by atoms with Crippen LogP contribution in [-0.2, 0) is 16.1 Å². The van der Waals surface area contributed by atoms with Gasteiger partial charge in [0.1, 0.15) is 24.2 Å². The zero-order valence-corrected chi connectivity index (χ0v) is 22.2. The number of ether oxygens (including phenoxy) is 2. The highest BCUT2D eigenvalue weighted by Crippen LogP contribution is 2.21. The van der Waals surface area contributed by atoms with Crippen molar-refractivity contribution >= 4 is 35.2 Å². The fraction of sp³-hybridized carbons (Fsp3) is 0.385. The molecule has 1 unspecified atom stereocenters. The van der Waals surface area contributed by atoms with Crippen molar-refractivity contribution in [2.45, 2.75) is 33.4 Å². The van der Waals surface area contributed by atoms with Crippen molar-refractivity contribution in [2.75, 3.05) is 38.1 Å². The summed E-state index contributed by atoms with van der Waals surface area (Å²) in [5, 5.41) is 7.77. The zero-order valence-electron chi connectivity index (χ0n) is 21.5. The lowest BCUT2D eigenvalue weighted by Crippen LogP contribution is -2.52. The van der Waals surface area contributed by atoms with Gasteiger partial charge in [-0.05, 0) is 51.1 Å². The predicted octanol–water partition coefficient (Wildman–Crippen LogP) is 4.13. The Morgan fingerprint density at radius 1 is 1.13 bits per heavy atom. The summed E-state index contributed by atoms with van der Waals surface area (Å²) in [6.45, 7) is 7.33. The highest BCUT2D eigenvalue weighted by molar-refractivity contribution is 6.30. The third kappa shape index (κ3) is 6.46. The Labute approximate surface area is 225 Å². The van der Waals surface area contributed by atoms with E-state index >= 15 is 0 Å². The van der Waals surface area contributed by atoms with Crippen LogP contribution in [0.4, 0.5) is 10.5 Å². The maximum atomic E-state index is 13.1. The van der Waals surface area contributed by atoms with Gasteiger partial charge in [0.15, 0.2) is 5.76 Å². The van der Waals surface area contributed by atoms with E-state index in [-0.39, 0.29) is 24.4 Å². The lowest BCUT2D eigenvalue weighted by Gasteiger charge is -2.35. The topological polar surface area (TPSA) is 119 Å². The Morgan fingerprint density at radius 3 is 2.58 bits per heavy atom. The molecule has 0 bridgehead atoms. The summed E-state index contributed by atoms with van der Waals surface area (Å²) >= 11 is 5.96. The van der Waals surface area contributed by atoms with Crippen molar-refractivity contribution in [3.8, 4) is 5.75 Å². The van der Waals surface area contributed by atoms with Crippen LogP contribution < -0.4 is 10.1 Å². The van der Waals surface area contributed by atoms with Gasteiger partial charge in [-0.25, -0.2) is 4.79 Å². The third-order valence-electron chi connectivity index (χ3n) is 6.10. The Balaban J connectivity index is 1.32. The second kappa shape index (κ2) is 12.0. The largest absolute Gasteiger partial charge is 0.486 e. The van der Waals surface area contributed by atoms with Crippen molar-refractivity contribution < 1.29 is 28.3 Å². The molecule has 0 aliphatic carbocycles. The van der Waals surface area contributed by atoms with E-state index in [2.05, 4.69) is 10.4 Å². The Bertz CT molecular complexity index is 1300. The van der Waals surface area contributed by atoms with Crippen LogP contribution in [0.1, 0.15) is 41.9 Å². The molecule has 4 rings (SSSR count). The average Bonchev–Trinajstić information content (AvgIpc) is 3.54. The van der Waals surface area contributed by atoms with E-state index in [4.69, 9.17) is 25.5 Å². The van der Waals surface area contributed by atoms with E-state index < -0.39 is 11.9 Å². The van der Waals surface area contributed by atoms with E-state index in [1.807, 2.05) is 0 Å². The molecule has 3 aromatic rings. The first kappa shape index (κ1) is 27.1. The molecule has 1 aromatic carbocycles. The normalized spacial score (nSPS) is 14.2. The SMILES string of the molecule is CCOC(=O)N1CCN(C(=O)C(C)n2cc(NC(=O)c3ccc(COc4cccc(Cl)c4)o3)c(C)n2)CC1. The maximum Gasteiger partial charge on any atom is 0.409 e. The van der Waals surface area contributed by atoms with E-state index in [9.17, 15) is 14.4 Å². The van der Waals surface area contributed by atoms with Gasteiger partial charge in [0.05, 0.1) is 18.0 Å². The number of amides is 3. The molecule has 1 atom stereocenters. The number of aromatic nitrogens is 2. The standard InChI is InChI=1S/C26H30ClN5O6/c1-4-36-26(35)31-12-10-30(11-13-31)25(34)18(3)32-15-22(17(2)29-32)28-24(33)23-9-8-21(38-23)16-37-20-7-5-6-19(27)14-20/h5-9,14-15,18H,4,10-13,16H2,1-3H3,(H,28,33). The van der Waals surface area contributed by atoms with Crippen molar-refractivity contribution in [1.82, 2.24) is 19.6 Å². The van der Waals surface area contributed by atoms with Crippen LogP contribution in [0.3, 0.4) is 0 Å². The van der Waals surface area contributed by atoms with Gasteiger partial charge in [0.2, 0.25) is 5.91 Å². The van der Waals surface area contributed by atoms with Crippen LogP contribution in [-0.4, -0.2) is 70.3 Å². The molecule has 3 heterocycles. The fourth-order valence-electron chi connectivity index (χ4n) is 3.98. The van der Waals surface area contributed by atoms with E-state index in [0.717, 1.165) is 0 Å². The smallest absolute Gasteiger partial charge is 0.409 e. The molecule has 3 amide bonds.